The highest BCUT2D eigenvalue weighted by Crippen LogP contribution is 2.28. The van der Waals surface area contributed by atoms with Crippen molar-refractivity contribution in [1.82, 2.24) is 9.97 Å². The van der Waals surface area contributed by atoms with Gasteiger partial charge in [-0.2, -0.15) is 0 Å². The Morgan fingerprint density at radius 2 is 1.17 bits per heavy atom. The summed E-state index contributed by atoms with van der Waals surface area (Å²) in [4.78, 5) is 8.42. The number of hydrogen-bond donors (Lipinski definition) is 4. The molecule has 0 saturated carbocycles. The Kier molecular flexibility index (Phi) is 5.92. The van der Waals surface area contributed by atoms with Gasteiger partial charge >= 0.3 is 0 Å². The molecule has 0 spiro atoms. The fourth-order valence-electron chi connectivity index (χ4n) is 3.60. The summed E-state index contributed by atoms with van der Waals surface area (Å²) in [6.45, 7) is 11.3. The fraction of sp³-hybridized carbons (Fsp3) is 0.455. The molecule has 8 heteroatoms. The molecule has 2 unspecified atom stereocenters. The lowest BCUT2D eigenvalue weighted by Gasteiger charge is -2.24. The van der Waals surface area contributed by atoms with E-state index < -0.39 is 11.2 Å². The van der Waals surface area contributed by atoms with Gasteiger partial charge in [-0.1, -0.05) is 0 Å². The van der Waals surface area contributed by atoms with Gasteiger partial charge in [-0.15, -0.1) is 0 Å². The van der Waals surface area contributed by atoms with E-state index in [2.05, 4.69) is 20.6 Å². The predicted octanol–water partition coefficient (Wildman–Crippen LogP) is 3.54. The van der Waals surface area contributed by atoms with Crippen molar-refractivity contribution in [3.8, 4) is 0 Å². The van der Waals surface area contributed by atoms with Crippen molar-refractivity contribution in [3.05, 3.63) is 58.7 Å². The molecule has 3 aromatic rings. The van der Waals surface area contributed by atoms with Gasteiger partial charge in [0, 0.05) is 30.3 Å². The van der Waals surface area contributed by atoms with E-state index >= 15 is 0 Å². The van der Waals surface area contributed by atoms with E-state index in [4.69, 9.17) is 8.83 Å². The smallest absolute Gasteiger partial charge is 0.131 e. The van der Waals surface area contributed by atoms with Crippen molar-refractivity contribution in [2.24, 2.45) is 0 Å². The van der Waals surface area contributed by atoms with Crippen molar-refractivity contribution in [3.63, 3.8) is 0 Å². The fourth-order valence-corrected chi connectivity index (χ4v) is 3.60. The lowest BCUT2D eigenvalue weighted by molar-refractivity contribution is 0.0695. The third-order valence-corrected chi connectivity index (χ3v) is 5.14. The summed E-state index contributed by atoms with van der Waals surface area (Å²) >= 11 is 0. The van der Waals surface area contributed by atoms with E-state index in [0.717, 1.165) is 22.6 Å². The van der Waals surface area contributed by atoms with Gasteiger partial charge in [0.05, 0.1) is 0 Å². The van der Waals surface area contributed by atoms with Crippen LogP contribution >= 0.6 is 0 Å². The molecule has 2 atom stereocenters. The van der Waals surface area contributed by atoms with Crippen molar-refractivity contribution >= 4 is 11.6 Å². The van der Waals surface area contributed by atoms with E-state index in [1.807, 2.05) is 39.8 Å². The maximum absolute atomic E-state index is 10.9. The topological polar surface area (TPSA) is 117 Å². The number of aryl methyl sites for hydroxylation is 4. The van der Waals surface area contributed by atoms with Gasteiger partial charge in [0.1, 0.15) is 52.2 Å². The van der Waals surface area contributed by atoms with Crippen LogP contribution < -0.4 is 10.6 Å². The van der Waals surface area contributed by atoms with Crippen LogP contribution in [-0.2, 0) is 11.2 Å². The summed E-state index contributed by atoms with van der Waals surface area (Å²) < 4.78 is 11.1. The van der Waals surface area contributed by atoms with E-state index in [-0.39, 0.29) is 13.1 Å². The zero-order valence-corrected chi connectivity index (χ0v) is 18.3. The van der Waals surface area contributed by atoms with Crippen molar-refractivity contribution in [1.29, 1.82) is 0 Å². The van der Waals surface area contributed by atoms with Crippen LogP contribution in [0.4, 0.5) is 11.6 Å². The highest BCUT2D eigenvalue weighted by atomic mass is 16.3. The Hall–Kier alpha value is -2.84. The number of aromatic nitrogens is 2. The average molecular weight is 415 g/mol. The van der Waals surface area contributed by atoms with E-state index in [9.17, 15) is 10.2 Å². The Bertz CT molecular complexity index is 943. The molecular formula is C22H30N4O4. The molecule has 0 amide bonds. The lowest BCUT2D eigenvalue weighted by Crippen LogP contribution is -2.32. The molecule has 0 aliphatic heterocycles. The second-order valence-corrected chi connectivity index (χ2v) is 8.20. The van der Waals surface area contributed by atoms with E-state index in [0.29, 0.717) is 23.2 Å². The van der Waals surface area contributed by atoms with Gasteiger partial charge < -0.3 is 29.7 Å². The third-order valence-electron chi connectivity index (χ3n) is 5.14. The molecule has 0 aromatic carbocycles. The summed E-state index contributed by atoms with van der Waals surface area (Å²) in [5.74, 6) is 4.01. The second-order valence-electron chi connectivity index (χ2n) is 8.20. The predicted molar refractivity (Wildman–Crippen MR) is 115 cm³/mol. The normalized spacial score (nSPS) is 15.5. The van der Waals surface area contributed by atoms with Gasteiger partial charge in [0.15, 0.2) is 0 Å². The zero-order valence-electron chi connectivity index (χ0n) is 18.3. The van der Waals surface area contributed by atoms with E-state index in [1.54, 1.807) is 19.9 Å². The first-order chi connectivity index (χ1) is 14.0. The van der Waals surface area contributed by atoms with Gasteiger partial charge in [-0.25, -0.2) is 9.97 Å². The second kappa shape index (κ2) is 8.12. The van der Waals surface area contributed by atoms with Crippen molar-refractivity contribution < 1.29 is 19.0 Å². The maximum atomic E-state index is 10.9. The van der Waals surface area contributed by atoms with Crippen molar-refractivity contribution in [2.45, 2.75) is 52.7 Å². The largest absolute Gasteiger partial charge is 0.466 e. The third kappa shape index (κ3) is 4.83. The number of hydrogen-bond acceptors (Lipinski definition) is 8. The average Bonchev–Trinajstić information content (AvgIpc) is 3.20. The van der Waals surface area contributed by atoms with Crippen LogP contribution in [0.5, 0.6) is 0 Å². The molecule has 0 aliphatic rings. The Labute approximate surface area is 176 Å². The number of anilines is 2. The minimum absolute atomic E-state index is 0.245. The van der Waals surface area contributed by atoms with Crippen molar-refractivity contribution in [2.75, 3.05) is 23.7 Å². The SMILES string of the molecule is Cc1cc(C(C)(O)CNc2cc(NCC(C)(O)c3cc(C)oc3C)ncn2)c(C)o1. The van der Waals surface area contributed by atoms with Gasteiger partial charge in [-0.05, 0) is 53.7 Å². The van der Waals surface area contributed by atoms with Crippen LogP contribution in [0.15, 0.2) is 33.4 Å². The van der Waals surface area contributed by atoms with Gasteiger partial charge in [-0.3, -0.25) is 0 Å². The first-order valence-corrected chi connectivity index (χ1v) is 9.87. The minimum Gasteiger partial charge on any atom is -0.466 e. The Balaban J connectivity index is 1.65. The maximum Gasteiger partial charge on any atom is 0.131 e. The van der Waals surface area contributed by atoms with Crippen LogP contribution in [0.3, 0.4) is 0 Å². The van der Waals surface area contributed by atoms with Crippen LogP contribution in [0.2, 0.25) is 0 Å². The number of furan rings is 2. The molecule has 3 aromatic heterocycles. The quantitative estimate of drug-likeness (QED) is 0.442. The molecule has 0 aliphatic carbocycles. The standard InChI is InChI=1S/C22H30N4O4/c1-13-7-17(15(3)29-13)21(5,27)10-23-19-9-20(26-12-25-19)24-11-22(6,28)18-8-14(2)30-16(18)4/h7-9,12,27-28H,10-11H2,1-6H3,(H2,23,24,25,26). The molecule has 162 valence electrons. The molecular weight excluding hydrogens is 384 g/mol. The number of rotatable bonds is 8. The molecule has 0 saturated heterocycles. The molecule has 4 N–H and O–H groups in total. The van der Waals surface area contributed by atoms with Crippen LogP contribution in [0.1, 0.15) is 48.0 Å². The Morgan fingerprint density at radius 3 is 1.50 bits per heavy atom. The number of nitrogens with one attached hydrogen (secondary N) is 2. The molecule has 0 radical (unpaired) electrons. The summed E-state index contributed by atoms with van der Waals surface area (Å²) in [6.07, 6.45) is 1.43. The minimum atomic E-state index is -1.12. The van der Waals surface area contributed by atoms with Crippen LogP contribution in [-0.4, -0.2) is 33.3 Å². The van der Waals surface area contributed by atoms with E-state index in [1.165, 1.54) is 6.33 Å². The summed E-state index contributed by atoms with van der Waals surface area (Å²) in [6, 6.07) is 5.41. The Morgan fingerprint density at radius 1 is 0.767 bits per heavy atom. The van der Waals surface area contributed by atoms with Gasteiger partial charge in [0.2, 0.25) is 0 Å². The summed E-state index contributed by atoms with van der Waals surface area (Å²) in [5.41, 5.74) is -0.773. The summed E-state index contributed by atoms with van der Waals surface area (Å²) in [5, 5.41) is 28.0. The number of aliphatic hydroxyl groups is 2. The van der Waals surface area contributed by atoms with Gasteiger partial charge in [0.25, 0.3) is 0 Å². The number of nitrogens with zero attached hydrogens (tertiary/aromatic N) is 2. The van der Waals surface area contributed by atoms with Crippen LogP contribution in [0.25, 0.3) is 0 Å². The molecule has 30 heavy (non-hydrogen) atoms. The highest BCUT2D eigenvalue weighted by Gasteiger charge is 2.29. The monoisotopic (exact) mass is 414 g/mol. The van der Waals surface area contributed by atoms with Crippen LogP contribution in [0, 0.1) is 27.7 Å². The molecule has 3 rings (SSSR count). The lowest BCUT2D eigenvalue weighted by atomic mass is 9.96. The molecule has 3 heterocycles. The molecule has 0 bridgehead atoms. The molecule has 0 fully saturated rings. The first kappa shape index (κ1) is 21.9. The highest BCUT2D eigenvalue weighted by molar-refractivity contribution is 5.47. The summed E-state index contributed by atoms with van der Waals surface area (Å²) in [7, 11) is 0. The first-order valence-electron chi connectivity index (χ1n) is 9.87. The molecule has 8 nitrogen and oxygen atoms in total. The zero-order chi connectivity index (χ0) is 22.1.